The Labute approximate surface area is 149 Å². The van der Waals surface area contributed by atoms with Crippen molar-refractivity contribution in [2.45, 2.75) is 19.4 Å². The van der Waals surface area contributed by atoms with Gasteiger partial charge in [-0.3, -0.25) is 14.5 Å². The van der Waals surface area contributed by atoms with E-state index in [0.29, 0.717) is 16.3 Å². The molecule has 3 rings (SSSR count). The van der Waals surface area contributed by atoms with Crippen molar-refractivity contribution in [1.82, 2.24) is 0 Å². The first-order valence-corrected chi connectivity index (χ1v) is 8.16. The second-order valence-electron chi connectivity index (χ2n) is 5.69. The number of carbonyl (C=O) groups excluding carboxylic acids is 2. The van der Waals surface area contributed by atoms with Crippen LogP contribution in [-0.2, 0) is 9.59 Å². The third kappa shape index (κ3) is 2.98. The maximum absolute atomic E-state index is 12.7. The second-order valence-corrected chi connectivity index (χ2v) is 6.12. The van der Waals surface area contributed by atoms with Gasteiger partial charge in [-0.05, 0) is 35.9 Å². The summed E-state index contributed by atoms with van der Waals surface area (Å²) in [7, 11) is 0. The van der Waals surface area contributed by atoms with E-state index in [2.05, 4.69) is 0 Å². The van der Waals surface area contributed by atoms with E-state index in [1.54, 1.807) is 43.3 Å². The zero-order chi connectivity index (χ0) is 18.1. The van der Waals surface area contributed by atoms with Crippen LogP contribution in [0, 0.1) is 0 Å². The Morgan fingerprint density at radius 1 is 1.16 bits per heavy atom. The van der Waals surface area contributed by atoms with E-state index in [1.165, 1.54) is 17.0 Å². The average molecular weight is 358 g/mol. The van der Waals surface area contributed by atoms with E-state index in [-0.39, 0.29) is 23.5 Å². The van der Waals surface area contributed by atoms with E-state index < -0.39 is 17.7 Å². The lowest BCUT2D eigenvalue weighted by Gasteiger charge is -2.27. The van der Waals surface area contributed by atoms with Crippen LogP contribution in [0.3, 0.4) is 0 Å². The summed E-state index contributed by atoms with van der Waals surface area (Å²) in [6.45, 7) is 1.67. The van der Waals surface area contributed by atoms with Crippen LogP contribution < -0.4 is 4.90 Å². The summed E-state index contributed by atoms with van der Waals surface area (Å²) >= 11 is 6.03. The number of rotatable bonds is 4. The van der Waals surface area contributed by atoms with Crippen LogP contribution in [0.1, 0.15) is 24.9 Å². The number of aromatic hydroxyl groups is 1. The van der Waals surface area contributed by atoms with Crippen LogP contribution in [0.5, 0.6) is 5.75 Å². The van der Waals surface area contributed by atoms with Crippen molar-refractivity contribution >= 4 is 29.0 Å². The van der Waals surface area contributed by atoms with E-state index in [4.69, 9.17) is 11.6 Å². The summed E-state index contributed by atoms with van der Waals surface area (Å²) in [5.74, 6) is -1.45. The smallest absolute Gasteiger partial charge is 0.294 e. The summed E-state index contributed by atoms with van der Waals surface area (Å²) in [6, 6.07) is 12.0. The Kier molecular flexibility index (Phi) is 4.51. The number of phenols is 1. The van der Waals surface area contributed by atoms with Crippen molar-refractivity contribution in [3.8, 4) is 5.75 Å². The second kappa shape index (κ2) is 6.61. The molecule has 0 saturated heterocycles. The van der Waals surface area contributed by atoms with Crippen molar-refractivity contribution < 1.29 is 19.8 Å². The lowest BCUT2D eigenvalue weighted by molar-refractivity contribution is -0.118. The van der Waals surface area contributed by atoms with Crippen LogP contribution in [0.4, 0.5) is 5.69 Å². The molecule has 2 aromatic carbocycles. The molecule has 1 aliphatic heterocycles. The molecule has 1 heterocycles. The highest BCUT2D eigenvalue weighted by molar-refractivity contribution is 6.31. The zero-order valence-corrected chi connectivity index (χ0v) is 14.2. The Morgan fingerprint density at radius 2 is 1.84 bits per heavy atom. The predicted octanol–water partition coefficient (Wildman–Crippen LogP) is 3.92. The van der Waals surface area contributed by atoms with Gasteiger partial charge in [-0.15, -0.1) is 0 Å². The number of ketones is 1. The normalized spacial score (nSPS) is 17.3. The molecule has 1 aliphatic rings. The number of hydrogen-bond donors (Lipinski definition) is 2. The zero-order valence-electron chi connectivity index (χ0n) is 13.4. The van der Waals surface area contributed by atoms with Gasteiger partial charge in [0.2, 0.25) is 0 Å². The van der Waals surface area contributed by atoms with Gasteiger partial charge in [-0.1, -0.05) is 36.7 Å². The third-order valence-corrected chi connectivity index (χ3v) is 4.36. The molecule has 2 N–H and O–H groups in total. The largest absolute Gasteiger partial charge is 0.508 e. The number of phenolic OH excluding ortho intramolecular Hbond substituents is 1. The molecule has 0 radical (unpaired) electrons. The van der Waals surface area contributed by atoms with Crippen molar-refractivity contribution in [2.75, 3.05) is 4.90 Å². The molecule has 128 valence electrons. The van der Waals surface area contributed by atoms with Crippen LogP contribution in [-0.4, -0.2) is 21.9 Å². The molecule has 0 bridgehead atoms. The number of aliphatic hydroxyl groups is 1. The number of carbonyl (C=O) groups is 2. The number of hydrogen-bond acceptors (Lipinski definition) is 4. The number of aliphatic hydroxyl groups excluding tert-OH is 1. The van der Waals surface area contributed by atoms with Gasteiger partial charge in [-0.2, -0.15) is 0 Å². The number of nitrogens with zero attached hydrogens (tertiary/aromatic N) is 1. The molecule has 1 amide bonds. The summed E-state index contributed by atoms with van der Waals surface area (Å²) < 4.78 is 0. The molecule has 0 spiro atoms. The Hall–Kier alpha value is -2.79. The molecule has 2 aromatic rings. The molecule has 1 atom stereocenters. The predicted molar refractivity (Wildman–Crippen MR) is 94.7 cm³/mol. The van der Waals surface area contributed by atoms with Crippen LogP contribution in [0.15, 0.2) is 59.9 Å². The van der Waals surface area contributed by atoms with Gasteiger partial charge >= 0.3 is 0 Å². The molecule has 25 heavy (non-hydrogen) atoms. The molecule has 6 heteroatoms. The third-order valence-electron chi connectivity index (χ3n) is 4.12. The fraction of sp³-hybridized carbons (Fsp3) is 0.158. The molecule has 1 unspecified atom stereocenters. The molecule has 0 aliphatic carbocycles. The first kappa shape index (κ1) is 17.0. The molecular formula is C19H16ClNO4. The van der Waals surface area contributed by atoms with E-state index >= 15 is 0 Å². The van der Waals surface area contributed by atoms with Gasteiger partial charge < -0.3 is 10.2 Å². The van der Waals surface area contributed by atoms with Gasteiger partial charge in [0.1, 0.15) is 5.75 Å². The molecule has 0 saturated carbocycles. The van der Waals surface area contributed by atoms with Gasteiger partial charge in [0.05, 0.1) is 11.6 Å². The highest BCUT2D eigenvalue weighted by atomic mass is 35.5. The fourth-order valence-corrected chi connectivity index (χ4v) is 3.13. The number of anilines is 1. The van der Waals surface area contributed by atoms with Gasteiger partial charge in [0.15, 0.2) is 11.5 Å². The van der Waals surface area contributed by atoms with Gasteiger partial charge in [0, 0.05) is 17.1 Å². The summed E-state index contributed by atoms with van der Waals surface area (Å²) in [6.07, 6.45) is 0.157. The topological polar surface area (TPSA) is 77.8 Å². The maximum Gasteiger partial charge on any atom is 0.294 e. The van der Waals surface area contributed by atoms with E-state index in [1.807, 2.05) is 0 Å². The summed E-state index contributed by atoms with van der Waals surface area (Å²) in [5.41, 5.74) is 1.13. The summed E-state index contributed by atoms with van der Waals surface area (Å²) in [4.78, 5) is 26.4. The van der Waals surface area contributed by atoms with Gasteiger partial charge in [-0.25, -0.2) is 0 Å². The number of benzene rings is 2. The number of halogens is 1. The SMILES string of the molecule is CCC(=O)C1=C(O)C(=O)N(c2cccc(Cl)c2)C1c1ccc(O)cc1. The summed E-state index contributed by atoms with van der Waals surface area (Å²) in [5, 5.41) is 20.3. The first-order valence-electron chi connectivity index (χ1n) is 7.78. The monoisotopic (exact) mass is 357 g/mol. The molecule has 5 nitrogen and oxygen atoms in total. The van der Waals surface area contributed by atoms with Crippen LogP contribution >= 0.6 is 11.6 Å². The van der Waals surface area contributed by atoms with Crippen molar-refractivity contribution in [2.24, 2.45) is 0 Å². The first-order chi connectivity index (χ1) is 11.9. The minimum Gasteiger partial charge on any atom is -0.508 e. The fourth-order valence-electron chi connectivity index (χ4n) is 2.94. The highest BCUT2D eigenvalue weighted by Crippen LogP contribution is 2.42. The minimum absolute atomic E-state index is 0.0539. The van der Waals surface area contributed by atoms with Crippen molar-refractivity contribution in [3.63, 3.8) is 0 Å². The van der Waals surface area contributed by atoms with Gasteiger partial charge in [0.25, 0.3) is 5.91 Å². The highest BCUT2D eigenvalue weighted by Gasteiger charge is 2.43. The Morgan fingerprint density at radius 3 is 2.44 bits per heavy atom. The van der Waals surface area contributed by atoms with E-state index in [9.17, 15) is 19.8 Å². The standard InChI is InChI=1S/C19H16ClNO4/c1-2-15(23)16-17(11-6-8-14(22)9-7-11)21(19(25)18(16)24)13-5-3-4-12(20)10-13/h3-10,17,22,24H,2H2,1H3. The Bertz CT molecular complexity index is 873. The number of amides is 1. The molecule has 0 aromatic heterocycles. The van der Waals surface area contributed by atoms with Crippen molar-refractivity contribution in [3.05, 3.63) is 70.4 Å². The lowest BCUT2D eigenvalue weighted by Crippen LogP contribution is -2.30. The van der Waals surface area contributed by atoms with Crippen LogP contribution in [0.25, 0.3) is 0 Å². The van der Waals surface area contributed by atoms with Crippen LogP contribution in [0.2, 0.25) is 5.02 Å². The molecular weight excluding hydrogens is 342 g/mol. The Balaban J connectivity index is 2.18. The number of Topliss-reactive ketones (excluding diaryl/α,β-unsaturated/α-hetero) is 1. The quantitative estimate of drug-likeness (QED) is 0.869. The van der Waals surface area contributed by atoms with Crippen molar-refractivity contribution in [1.29, 1.82) is 0 Å². The van der Waals surface area contributed by atoms with E-state index in [0.717, 1.165) is 0 Å². The average Bonchev–Trinajstić information content (AvgIpc) is 2.86. The minimum atomic E-state index is -0.779. The lowest BCUT2D eigenvalue weighted by atomic mass is 9.95. The maximum atomic E-state index is 12.7. The molecule has 0 fully saturated rings.